The number of amides is 1. The molecule has 0 saturated carbocycles. The van der Waals surface area contributed by atoms with Gasteiger partial charge in [0.15, 0.2) is 5.13 Å². The molecule has 0 atom stereocenters. The van der Waals surface area contributed by atoms with Gasteiger partial charge in [0, 0.05) is 9.37 Å². The molecule has 1 amide bonds. The molecule has 0 aliphatic carbocycles. The number of halogens is 1. The van der Waals surface area contributed by atoms with Crippen LogP contribution in [-0.2, 0) is 0 Å². The van der Waals surface area contributed by atoms with Gasteiger partial charge in [-0.05, 0) is 36.1 Å². The fourth-order valence-electron chi connectivity index (χ4n) is 2.05. The number of carbonyl (C=O) groups excluding carboxylic acids is 1. The van der Waals surface area contributed by atoms with E-state index in [-0.39, 0.29) is 5.91 Å². The Morgan fingerprint density at radius 3 is 2.95 bits per heavy atom. The van der Waals surface area contributed by atoms with E-state index in [1.165, 1.54) is 11.3 Å². The summed E-state index contributed by atoms with van der Waals surface area (Å²) >= 11 is 6.58. The number of aromatic nitrogens is 1. The molecule has 3 aromatic rings. The van der Waals surface area contributed by atoms with Crippen LogP contribution in [0.1, 0.15) is 17.3 Å². The summed E-state index contributed by atoms with van der Waals surface area (Å²) in [5.41, 5.74) is 1.58. The lowest BCUT2D eigenvalue weighted by molar-refractivity contribution is 0.102. The first-order valence-electron chi connectivity index (χ1n) is 6.76. The first-order valence-corrected chi connectivity index (χ1v) is 9.36. The van der Waals surface area contributed by atoms with Gasteiger partial charge in [-0.15, -0.1) is 11.8 Å². The van der Waals surface area contributed by atoms with Crippen molar-refractivity contribution in [3.8, 4) is 0 Å². The third kappa shape index (κ3) is 3.34. The Bertz CT molecular complexity index is 832. The van der Waals surface area contributed by atoms with Crippen LogP contribution in [0.4, 0.5) is 5.13 Å². The molecule has 0 fully saturated rings. The summed E-state index contributed by atoms with van der Waals surface area (Å²) in [6.45, 7) is 2.07. The lowest BCUT2D eigenvalue weighted by Crippen LogP contribution is -2.12. The highest BCUT2D eigenvalue weighted by molar-refractivity contribution is 9.10. The molecule has 0 aliphatic heterocycles. The number of benzene rings is 2. The van der Waals surface area contributed by atoms with Crippen LogP contribution in [0, 0.1) is 0 Å². The first kappa shape index (κ1) is 15.5. The summed E-state index contributed by atoms with van der Waals surface area (Å²) in [5, 5.41) is 3.53. The van der Waals surface area contributed by atoms with Crippen LogP contribution in [0.5, 0.6) is 0 Å². The highest BCUT2D eigenvalue weighted by atomic mass is 79.9. The van der Waals surface area contributed by atoms with Gasteiger partial charge in [0.05, 0.1) is 15.8 Å². The molecule has 0 spiro atoms. The van der Waals surface area contributed by atoms with Gasteiger partial charge in [-0.1, -0.05) is 46.3 Å². The van der Waals surface area contributed by atoms with Gasteiger partial charge >= 0.3 is 0 Å². The molecule has 1 aromatic heterocycles. The zero-order chi connectivity index (χ0) is 15.5. The van der Waals surface area contributed by atoms with Crippen LogP contribution in [0.15, 0.2) is 51.8 Å². The van der Waals surface area contributed by atoms with E-state index in [4.69, 9.17) is 0 Å². The van der Waals surface area contributed by atoms with Gasteiger partial charge in [-0.2, -0.15) is 0 Å². The Hall–Kier alpha value is -1.37. The first-order chi connectivity index (χ1) is 10.7. The summed E-state index contributed by atoms with van der Waals surface area (Å²) in [5.74, 6) is 0.814. The highest BCUT2D eigenvalue weighted by Crippen LogP contribution is 2.29. The molecule has 0 saturated heterocycles. The predicted octanol–water partition coefficient (Wildman–Crippen LogP) is 5.42. The zero-order valence-electron chi connectivity index (χ0n) is 11.8. The number of hydrogen-bond donors (Lipinski definition) is 1. The standard InChI is InChI=1S/C16H13BrN2OS2/c1-2-21-13-6-4-3-5-11(13)15(20)19-16-18-12-8-7-10(17)9-14(12)22-16/h3-9H,2H2,1H3,(H,18,19,20). The van der Waals surface area contributed by atoms with Gasteiger partial charge < -0.3 is 0 Å². The molecular weight excluding hydrogens is 380 g/mol. The van der Waals surface area contributed by atoms with Crippen LogP contribution in [0.25, 0.3) is 10.2 Å². The fourth-order valence-corrected chi connectivity index (χ4v) is 4.27. The number of hydrogen-bond acceptors (Lipinski definition) is 4. The van der Waals surface area contributed by atoms with E-state index in [1.807, 2.05) is 42.5 Å². The summed E-state index contributed by atoms with van der Waals surface area (Å²) in [6, 6.07) is 13.5. The van der Waals surface area contributed by atoms with Crippen molar-refractivity contribution in [2.75, 3.05) is 11.1 Å². The minimum absolute atomic E-state index is 0.116. The second-order valence-electron chi connectivity index (χ2n) is 4.51. The largest absolute Gasteiger partial charge is 0.298 e. The van der Waals surface area contributed by atoms with Crippen molar-refractivity contribution in [1.82, 2.24) is 4.98 Å². The van der Waals surface area contributed by atoms with E-state index in [2.05, 4.69) is 33.2 Å². The second-order valence-corrected chi connectivity index (χ2v) is 7.77. The van der Waals surface area contributed by atoms with E-state index in [0.29, 0.717) is 10.7 Å². The Kier molecular flexibility index (Phi) is 4.81. The summed E-state index contributed by atoms with van der Waals surface area (Å²) in [7, 11) is 0. The molecule has 3 nitrogen and oxygen atoms in total. The van der Waals surface area contributed by atoms with Gasteiger partial charge in [-0.3, -0.25) is 10.1 Å². The summed E-state index contributed by atoms with van der Waals surface area (Å²) < 4.78 is 2.05. The van der Waals surface area contributed by atoms with Crippen LogP contribution >= 0.6 is 39.0 Å². The lowest BCUT2D eigenvalue weighted by atomic mass is 10.2. The molecule has 22 heavy (non-hydrogen) atoms. The smallest absolute Gasteiger partial charge is 0.258 e. The number of carbonyl (C=O) groups is 1. The van der Waals surface area contributed by atoms with Crippen LogP contribution in [-0.4, -0.2) is 16.6 Å². The van der Waals surface area contributed by atoms with E-state index in [9.17, 15) is 4.79 Å². The third-order valence-corrected chi connectivity index (χ3v) is 5.39. The molecule has 2 aromatic carbocycles. The number of thioether (sulfide) groups is 1. The maximum absolute atomic E-state index is 12.5. The number of rotatable bonds is 4. The molecule has 1 N–H and O–H groups in total. The normalized spacial score (nSPS) is 10.8. The maximum Gasteiger partial charge on any atom is 0.258 e. The quantitative estimate of drug-likeness (QED) is 0.602. The molecule has 0 unspecified atom stereocenters. The average molecular weight is 393 g/mol. The van der Waals surface area contributed by atoms with Gasteiger partial charge in [-0.25, -0.2) is 4.98 Å². The lowest BCUT2D eigenvalue weighted by Gasteiger charge is -2.07. The van der Waals surface area contributed by atoms with Gasteiger partial charge in [0.25, 0.3) is 5.91 Å². The number of thiazole rings is 1. The highest BCUT2D eigenvalue weighted by Gasteiger charge is 2.13. The Morgan fingerprint density at radius 2 is 2.14 bits per heavy atom. The molecular formula is C16H13BrN2OS2. The van der Waals surface area contributed by atoms with Crippen LogP contribution in [0.3, 0.4) is 0 Å². The minimum Gasteiger partial charge on any atom is -0.298 e. The molecule has 0 bridgehead atoms. The van der Waals surface area contributed by atoms with Crippen molar-refractivity contribution in [2.45, 2.75) is 11.8 Å². The third-order valence-electron chi connectivity index (χ3n) is 3.00. The number of nitrogens with one attached hydrogen (secondary N) is 1. The average Bonchev–Trinajstić information content (AvgIpc) is 2.89. The molecule has 3 rings (SSSR count). The Labute approximate surface area is 145 Å². The second kappa shape index (κ2) is 6.81. The van der Waals surface area contributed by atoms with E-state index in [0.717, 1.165) is 25.3 Å². The minimum atomic E-state index is -0.116. The van der Waals surface area contributed by atoms with E-state index >= 15 is 0 Å². The molecule has 0 radical (unpaired) electrons. The predicted molar refractivity (Wildman–Crippen MR) is 98.1 cm³/mol. The molecule has 112 valence electrons. The van der Waals surface area contributed by atoms with Crippen molar-refractivity contribution in [3.05, 3.63) is 52.5 Å². The summed E-state index contributed by atoms with van der Waals surface area (Å²) in [4.78, 5) is 17.9. The van der Waals surface area contributed by atoms with Crippen LogP contribution in [0.2, 0.25) is 0 Å². The van der Waals surface area contributed by atoms with E-state index in [1.54, 1.807) is 11.8 Å². The SMILES string of the molecule is CCSc1ccccc1C(=O)Nc1nc2ccc(Br)cc2s1. The number of nitrogens with zero attached hydrogens (tertiary/aromatic N) is 1. The monoisotopic (exact) mass is 392 g/mol. The molecule has 0 aliphatic rings. The molecule has 6 heteroatoms. The topological polar surface area (TPSA) is 42.0 Å². The van der Waals surface area contributed by atoms with Crippen molar-refractivity contribution < 1.29 is 4.79 Å². The van der Waals surface area contributed by atoms with Crippen molar-refractivity contribution in [2.24, 2.45) is 0 Å². The number of fused-ring (bicyclic) bond motifs is 1. The molecule has 1 heterocycles. The Morgan fingerprint density at radius 1 is 1.32 bits per heavy atom. The van der Waals surface area contributed by atoms with Gasteiger partial charge in [0.2, 0.25) is 0 Å². The van der Waals surface area contributed by atoms with E-state index < -0.39 is 0 Å². The van der Waals surface area contributed by atoms with Crippen molar-refractivity contribution in [1.29, 1.82) is 0 Å². The maximum atomic E-state index is 12.5. The van der Waals surface area contributed by atoms with Crippen molar-refractivity contribution in [3.63, 3.8) is 0 Å². The Balaban J connectivity index is 1.86. The fraction of sp³-hybridized carbons (Fsp3) is 0.125. The van der Waals surface area contributed by atoms with Gasteiger partial charge in [0.1, 0.15) is 0 Å². The number of anilines is 1. The van der Waals surface area contributed by atoms with Crippen LogP contribution < -0.4 is 5.32 Å². The summed E-state index contributed by atoms with van der Waals surface area (Å²) in [6.07, 6.45) is 0. The zero-order valence-corrected chi connectivity index (χ0v) is 15.0. The van der Waals surface area contributed by atoms with Crippen molar-refractivity contribution >= 4 is 60.3 Å².